The van der Waals surface area contributed by atoms with Gasteiger partial charge in [-0.2, -0.15) is 12.6 Å². The average molecular weight is 147 g/mol. The van der Waals surface area contributed by atoms with Gasteiger partial charge in [0.15, 0.2) is 0 Å². The molecular weight excluding hydrogens is 134 g/mol. The second kappa shape index (κ2) is 2.90. The van der Waals surface area contributed by atoms with E-state index < -0.39 is 0 Å². The molecule has 1 rings (SSSR count). The molecule has 0 radical (unpaired) electrons. The van der Waals surface area contributed by atoms with E-state index in [1.54, 1.807) is 0 Å². The lowest BCUT2D eigenvalue weighted by atomic mass is 10.00. The minimum Gasteiger partial charge on any atom is -0.395 e. The number of rotatable bonds is 1. The molecule has 1 heterocycles. The topological polar surface area (TPSA) is 32.3 Å². The van der Waals surface area contributed by atoms with Crippen LogP contribution in [0.15, 0.2) is 0 Å². The molecule has 0 amide bonds. The molecular formula is C6H13NOS. The van der Waals surface area contributed by atoms with Crippen LogP contribution in [0.5, 0.6) is 0 Å². The number of aliphatic hydroxyl groups is 1. The summed E-state index contributed by atoms with van der Waals surface area (Å²) in [5, 5.41) is 12.0. The fourth-order valence-electron chi connectivity index (χ4n) is 1.09. The summed E-state index contributed by atoms with van der Waals surface area (Å²) in [6.07, 6.45) is 2.16. The zero-order valence-corrected chi connectivity index (χ0v) is 6.32. The first-order chi connectivity index (χ1) is 4.27. The largest absolute Gasteiger partial charge is 0.395 e. The number of piperidine rings is 1. The summed E-state index contributed by atoms with van der Waals surface area (Å²) in [6, 6.07) is 0. The van der Waals surface area contributed by atoms with E-state index in [-0.39, 0.29) is 11.4 Å². The van der Waals surface area contributed by atoms with Crippen molar-refractivity contribution in [3.05, 3.63) is 0 Å². The number of hydrogen-bond acceptors (Lipinski definition) is 3. The SMILES string of the molecule is OC[C@]1(S)CCCNC1. The summed E-state index contributed by atoms with van der Waals surface area (Å²) in [4.78, 5) is 0. The van der Waals surface area contributed by atoms with Gasteiger partial charge in [0.1, 0.15) is 0 Å². The van der Waals surface area contributed by atoms with Crippen LogP contribution in [0.4, 0.5) is 0 Å². The van der Waals surface area contributed by atoms with Crippen LogP contribution in [-0.4, -0.2) is 29.5 Å². The number of aliphatic hydroxyl groups excluding tert-OH is 1. The highest BCUT2D eigenvalue weighted by Gasteiger charge is 2.26. The molecule has 3 heteroatoms. The zero-order chi connectivity index (χ0) is 6.74. The van der Waals surface area contributed by atoms with Crippen LogP contribution < -0.4 is 5.32 Å². The number of nitrogens with one attached hydrogen (secondary N) is 1. The maximum Gasteiger partial charge on any atom is 0.0588 e. The van der Waals surface area contributed by atoms with Gasteiger partial charge in [0.2, 0.25) is 0 Å². The number of hydrogen-bond donors (Lipinski definition) is 3. The molecule has 1 aliphatic heterocycles. The van der Waals surface area contributed by atoms with Crippen molar-refractivity contribution in [2.24, 2.45) is 0 Å². The van der Waals surface area contributed by atoms with Gasteiger partial charge in [0.05, 0.1) is 6.61 Å². The molecule has 1 fully saturated rings. The van der Waals surface area contributed by atoms with Crippen molar-refractivity contribution in [1.29, 1.82) is 0 Å². The summed E-state index contributed by atoms with van der Waals surface area (Å²) in [5.74, 6) is 0. The van der Waals surface area contributed by atoms with E-state index >= 15 is 0 Å². The lowest BCUT2D eigenvalue weighted by Gasteiger charge is -2.30. The fraction of sp³-hybridized carbons (Fsp3) is 1.00. The Bertz CT molecular complexity index is 91.1. The highest BCUT2D eigenvalue weighted by molar-refractivity contribution is 7.81. The van der Waals surface area contributed by atoms with E-state index in [1.807, 2.05) is 0 Å². The van der Waals surface area contributed by atoms with Crippen LogP contribution >= 0.6 is 12.6 Å². The van der Waals surface area contributed by atoms with Gasteiger partial charge in [0.25, 0.3) is 0 Å². The predicted octanol–water partition coefficient (Wildman–Crippen LogP) is 0.0307. The minimum atomic E-state index is -0.141. The molecule has 0 saturated carbocycles. The Balaban J connectivity index is 2.37. The summed E-state index contributed by atoms with van der Waals surface area (Å²) < 4.78 is -0.141. The normalized spacial score (nSPS) is 36.7. The van der Waals surface area contributed by atoms with Crippen molar-refractivity contribution in [2.75, 3.05) is 19.7 Å². The number of thiol groups is 1. The summed E-state index contributed by atoms with van der Waals surface area (Å²) in [5.41, 5.74) is 0. The Kier molecular flexibility index (Phi) is 2.38. The van der Waals surface area contributed by atoms with E-state index in [0.29, 0.717) is 0 Å². The molecule has 0 aromatic carbocycles. The molecule has 0 spiro atoms. The smallest absolute Gasteiger partial charge is 0.0588 e. The first-order valence-electron chi connectivity index (χ1n) is 3.31. The van der Waals surface area contributed by atoms with Gasteiger partial charge >= 0.3 is 0 Å². The molecule has 54 valence electrons. The van der Waals surface area contributed by atoms with Crippen molar-refractivity contribution < 1.29 is 5.11 Å². The van der Waals surface area contributed by atoms with Crippen LogP contribution in [0.2, 0.25) is 0 Å². The molecule has 0 aliphatic carbocycles. The molecule has 1 aliphatic rings. The van der Waals surface area contributed by atoms with E-state index in [0.717, 1.165) is 25.9 Å². The predicted molar refractivity (Wildman–Crippen MR) is 40.9 cm³/mol. The molecule has 0 bridgehead atoms. The second-order valence-electron chi connectivity index (χ2n) is 2.66. The molecule has 2 nitrogen and oxygen atoms in total. The second-order valence-corrected chi connectivity index (χ2v) is 3.61. The van der Waals surface area contributed by atoms with Crippen LogP contribution in [-0.2, 0) is 0 Å². The molecule has 0 aromatic heterocycles. The molecule has 1 atom stereocenters. The standard InChI is InChI=1S/C6H13NOS/c8-5-6(9)2-1-3-7-4-6/h7-9H,1-5H2/t6-/m0/s1. The third-order valence-electron chi connectivity index (χ3n) is 1.74. The van der Waals surface area contributed by atoms with Crippen molar-refractivity contribution in [2.45, 2.75) is 17.6 Å². The van der Waals surface area contributed by atoms with Gasteiger partial charge in [-0.3, -0.25) is 0 Å². The highest BCUT2D eigenvalue weighted by Crippen LogP contribution is 2.21. The highest BCUT2D eigenvalue weighted by atomic mass is 32.1. The first-order valence-corrected chi connectivity index (χ1v) is 3.75. The first kappa shape index (κ1) is 7.38. The summed E-state index contributed by atoms with van der Waals surface area (Å²) in [6.45, 7) is 2.10. The van der Waals surface area contributed by atoms with Crippen molar-refractivity contribution in [1.82, 2.24) is 5.32 Å². The molecule has 0 unspecified atom stereocenters. The van der Waals surface area contributed by atoms with E-state index in [1.165, 1.54) is 0 Å². The minimum absolute atomic E-state index is 0.141. The van der Waals surface area contributed by atoms with Gasteiger partial charge in [-0.15, -0.1) is 0 Å². The van der Waals surface area contributed by atoms with Crippen molar-refractivity contribution in [3.8, 4) is 0 Å². The van der Waals surface area contributed by atoms with Crippen LogP contribution in [0, 0.1) is 0 Å². The summed E-state index contributed by atoms with van der Waals surface area (Å²) in [7, 11) is 0. The Hall–Kier alpha value is 0.270. The van der Waals surface area contributed by atoms with Gasteiger partial charge in [-0.25, -0.2) is 0 Å². The average Bonchev–Trinajstić information content (AvgIpc) is 1.90. The van der Waals surface area contributed by atoms with Gasteiger partial charge in [-0.1, -0.05) is 0 Å². The van der Waals surface area contributed by atoms with E-state index in [4.69, 9.17) is 5.11 Å². The molecule has 9 heavy (non-hydrogen) atoms. The van der Waals surface area contributed by atoms with Crippen molar-refractivity contribution >= 4 is 12.6 Å². The lowest BCUT2D eigenvalue weighted by molar-refractivity contribution is 0.223. The Morgan fingerprint density at radius 1 is 1.67 bits per heavy atom. The van der Waals surface area contributed by atoms with E-state index in [2.05, 4.69) is 17.9 Å². The lowest BCUT2D eigenvalue weighted by Crippen LogP contribution is -2.43. The van der Waals surface area contributed by atoms with Crippen LogP contribution in [0.25, 0.3) is 0 Å². The Labute approximate surface area is 61.1 Å². The van der Waals surface area contributed by atoms with Gasteiger partial charge < -0.3 is 10.4 Å². The maximum absolute atomic E-state index is 8.83. The summed E-state index contributed by atoms with van der Waals surface area (Å²) >= 11 is 4.34. The maximum atomic E-state index is 8.83. The monoisotopic (exact) mass is 147 g/mol. The Morgan fingerprint density at radius 3 is 2.78 bits per heavy atom. The van der Waals surface area contributed by atoms with E-state index in [9.17, 15) is 0 Å². The quantitative estimate of drug-likeness (QED) is 0.457. The van der Waals surface area contributed by atoms with Crippen LogP contribution in [0.1, 0.15) is 12.8 Å². The molecule has 2 N–H and O–H groups in total. The van der Waals surface area contributed by atoms with Crippen LogP contribution in [0.3, 0.4) is 0 Å². The van der Waals surface area contributed by atoms with Gasteiger partial charge in [0, 0.05) is 11.3 Å². The fourth-order valence-corrected chi connectivity index (χ4v) is 1.36. The van der Waals surface area contributed by atoms with Gasteiger partial charge in [-0.05, 0) is 19.4 Å². The third kappa shape index (κ3) is 1.85. The molecule has 1 saturated heterocycles. The Morgan fingerprint density at radius 2 is 2.44 bits per heavy atom. The molecule has 0 aromatic rings. The van der Waals surface area contributed by atoms with Crippen molar-refractivity contribution in [3.63, 3.8) is 0 Å². The third-order valence-corrected chi connectivity index (χ3v) is 2.27. The zero-order valence-electron chi connectivity index (χ0n) is 5.43.